The molecule has 1 N–H and O–H groups in total. The number of aromatic nitrogens is 3. The molecule has 1 atom stereocenters. The standard InChI is InChI=1S/C25H26N4O2/c1-19(22-4-6-23(7-5-22)29-14-13-27-18-29)28-16-21-3-8-24(25(15-21)30-2)31-17-20-9-11-26-12-10-20/h3-15,18-19,28H,16-17H2,1-2H3. The van der Waals surface area contributed by atoms with Crippen LogP contribution >= 0.6 is 0 Å². The average molecular weight is 415 g/mol. The fourth-order valence-corrected chi connectivity index (χ4v) is 3.32. The first kappa shape index (κ1) is 20.6. The molecule has 0 amide bonds. The fourth-order valence-electron chi connectivity index (χ4n) is 3.32. The highest BCUT2D eigenvalue weighted by Gasteiger charge is 2.09. The van der Waals surface area contributed by atoms with Crippen LogP contribution in [0.3, 0.4) is 0 Å². The highest BCUT2D eigenvalue weighted by Crippen LogP contribution is 2.29. The fraction of sp³-hybridized carbons (Fsp3) is 0.200. The molecule has 158 valence electrons. The number of nitrogens with one attached hydrogen (secondary N) is 1. The summed E-state index contributed by atoms with van der Waals surface area (Å²) in [6, 6.07) is 18.6. The molecule has 0 radical (unpaired) electrons. The minimum atomic E-state index is 0.213. The molecule has 0 aliphatic heterocycles. The summed E-state index contributed by atoms with van der Waals surface area (Å²) in [7, 11) is 1.66. The van der Waals surface area contributed by atoms with Crippen LogP contribution in [0.15, 0.2) is 85.7 Å². The van der Waals surface area contributed by atoms with E-state index in [9.17, 15) is 0 Å². The Morgan fingerprint density at radius 2 is 1.71 bits per heavy atom. The molecule has 0 aliphatic rings. The lowest BCUT2D eigenvalue weighted by molar-refractivity contribution is 0.284. The summed E-state index contributed by atoms with van der Waals surface area (Å²) >= 11 is 0. The van der Waals surface area contributed by atoms with Crippen LogP contribution in [-0.4, -0.2) is 21.6 Å². The smallest absolute Gasteiger partial charge is 0.161 e. The van der Waals surface area contributed by atoms with E-state index in [4.69, 9.17) is 9.47 Å². The lowest BCUT2D eigenvalue weighted by atomic mass is 10.1. The van der Waals surface area contributed by atoms with Gasteiger partial charge in [-0.05, 0) is 60.0 Å². The third-order valence-corrected chi connectivity index (χ3v) is 5.18. The van der Waals surface area contributed by atoms with Crippen molar-refractivity contribution >= 4 is 0 Å². The number of benzene rings is 2. The van der Waals surface area contributed by atoms with Crippen molar-refractivity contribution in [2.45, 2.75) is 26.1 Å². The summed E-state index contributed by atoms with van der Waals surface area (Å²) < 4.78 is 13.5. The predicted octanol–water partition coefficient (Wildman–Crippen LogP) is 4.71. The molecule has 0 saturated heterocycles. The Morgan fingerprint density at radius 1 is 0.903 bits per heavy atom. The van der Waals surface area contributed by atoms with Crippen LogP contribution in [0.5, 0.6) is 11.5 Å². The number of rotatable bonds is 9. The average Bonchev–Trinajstić information content (AvgIpc) is 3.37. The second-order valence-corrected chi connectivity index (χ2v) is 7.29. The van der Waals surface area contributed by atoms with Crippen molar-refractivity contribution in [3.05, 3.63) is 102 Å². The van der Waals surface area contributed by atoms with Crippen molar-refractivity contribution in [3.63, 3.8) is 0 Å². The van der Waals surface area contributed by atoms with Gasteiger partial charge < -0.3 is 19.4 Å². The Morgan fingerprint density at radius 3 is 2.42 bits per heavy atom. The molecule has 1 unspecified atom stereocenters. The maximum absolute atomic E-state index is 5.93. The topological polar surface area (TPSA) is 61.2 Å². The number of hydrogen-bond acceptors (Lipinski definition) is 5. The van der Waals surface area contributed by atoms with Crippen LogP contribution in [0.1, 0.15) is 29.7 Å². The van der Waals surface area contributed by atoms with E-state index in [0.717, 1.165) is 34.9 Å². The molecule has 0 bridgehead atoms. The van der Waals surface area contributed by atoms with Gasteiger partial charge in [-0.2, -0.15) is 0 Å². The summed E-state index contributed by atoms with van der Waals surface area (Å²) in [6.45, 7) is 3.36. The number of hydrogen-bond donors (Lipinski definition) is 1. The number of nitrogens with zero attached hydrogens (tertiary/aromatic N) is 3. The van der Waals surface area contributed by atoms with E-state index in [1.54, 1.807) is 32.0 Å². The molecule has 0 spiro atoms. The van der Waals surface area contributed by atoms with E-state index in [0.29, 0.717) is 6.61 Å². The van der Waals surface area contributed by atoms with E-state index >= 15 is 0 Å². The van der Waals surface area contributed by atoms with Crippen molar-refractivity contribution in [1.29, 1.82) is 0 Å². The molecule has 0 fully saturated rings. The van der Waals surface area contributed by atoms with Gasteiger partial charge in [-0.25, -0.2) is 4.98 Å². The van der Waals surface area contributed by atoms with Gasteiger partial charge in [0, 0.05) is 43.1 Å². The highest BCUT2D eigenvalue weighted by molar-refractivity contribution is 5.43. The number of methoxy groups -OCH3 is 1. The van der Waals surface area contributed by atoms with Gasteiger partial charge in [-0.15, -0.1) is 0 Å². The Kier molecular flexibility index (Phi) is 6.59. The molecule has 4 rings (SSSR count). The molecule has 31 heavy (non-hydrogen) atoms. The minimum Gasteiger partial charge on any atom is -0.493 e. The predicted molar refractivity (Wildman–Crippen MR) is 120 cm³/mol. The van der Waals surface area contributed by atoms with Gasteiger partial charge in [-0.3, -0.25) is 4.98 Å². The Labute approximate surface area is 182 Å². The number of pyridine rings is 1. The van der Waals surface area contributed by atoms with Gasteiger partial charge in [0.05, 0.1) is 13.4 Å². The van der Waals surface area contributed by atoms with E-state index in [2.05, 4.69) is 52.5 Å². The molecular formula is C25H26N4O2. The van der Waals surface area contributed by atoms with E-state index in [1.807, 2.05) is 35.0 Å². The molecule has 6 heteroatoms. The van der Waals surface area contributed by atoms with Crippen molar-refractivity contribution in [3.8, 4) is 17.2 Å². The Hall–Kier alpha value is -3.64. The SMILES string of the molecule is COc1cc(CNC(C)c2ccc(-n3ccnc3)cc2)ccc1OCc1ccncc1. The van der Waals surface area contributed by atoms with Crippen LogP contribution in [0.2, 0.25) is 0 Å². The maximum atomic E-state index is 5.93. The second-order valence-electron chi connectivity index (χ2n) is 7.29. The summed E-state index contributed by atoms with van der Waals surface area (Å²) in [4.78, 5) is 8.12. The normalized spacial score (nSPS) is 11.8. The van der Waals surface area contributed by atoms with E-state index in [-0.39, 0.29) is 6.04 Å². The summed E-state index contributed by atoms with van der Waals surface area (Å²) in [5, 5.41) is 3.58. The quantitative estimate of drug-likeness (QED) is 0.430. The second kappa shape index (κ2) is 9.91. The maximum Gasteiger partial charge on any atom is 0.161 e. The van der Waals surface area contributed by atoms with Gasteiger partial charge in [0.15, 0.2) is 11.5 Å². The van der Waals surface area contributed by atoms with Gasteiger partial charge in [0.25, 0.3) is 0 Å². The number of ether oxygens (including phenoxy) is 2. The first-order valence-electron chi connectivity index (χ1n) is 10.2. The van der Waals surface area contributed by atoms with Gasteiger partial charge in [0.1, 0.15) is 6.61 Å². The van der Waals surface area contributed by atoms with Crippen molar-refractivity contribution in [1.82, 2.24) is 19.9 Å². The van der Waals surface area contributed by atoms with E-state index in [1.165, 1.54) is 5.56 Å². The summed E-state index contributed by atoms with van der Waals surface area (Å²) in [5.41, 5.74) is 4.53. The molecule has 2 heterocycles. The third kappa shape index (κ3) is 5.29. The Balaban J connectivity index is 1.35. The van der Waals surface area contributed by atoms with Crippen molar-refractivity contribution in [2.75, 3.05) is 7.11 Å². The lowest BCUT2D eigenvalue weighted by Crippen LogP contribution is -2.18. The van der Waals surface area contributed by atoms with E-state index < -0.39 is 0 Å². The van der Waals surface area contributed by atoms with Crippen LogP contribution in [0, 0.1) is 0 Å². The summed E-state index contributed by atoms with van der Waals surface area (Å²) in [6.07, 6.45) is 9.04. The third-order valence-electron chi connectivity index (χ3n) is 5.18. The first-order chi connectivity index (χ1) is 15.2. The van der Waals surface area contributed by atoms with Crippen LogP contribution < -0.4 is 14.8 Å². The zero-order chi connectivity index (χ0) is 21.5. The summed E-state index contributed by atoms with van der Waals surface area (Å²) in [5.74, 6) is 1.46. The zero-order valence-corrected chi connectivity index (χ0v) is 17.7. The lowest BCUT2D eigenvalue weighted by Gasteiger charge is -2.16. The Bertz CT molecular complexity index is 1080. The largest absolute Gasteiger partial charge is 0.493 e. The van der Waals surface area contributed by atoms with Crippen LogP contribution in [-0.2, 0) is 13.2 Å². The minimum absolute atomic E-state index is 0.213. The molecule has 0 saturated carbocycles. The van der Waals surface area contributed by atoms with Crippen molar-refractivity contribution in [2.24, 2.45) is 0 Å². The van der Waals surface area contributed by atoms with Gasteiger partial charge in [-0.1, -0.05) is 18.2 Å². The van der Waals surface area contributed by atoms with Crippen LogP contribution in [0.25, 0.3) is 5.69 Å². The molecule has 4 aromatic rings. The first-order valence-corrected chi connectivity index (χ1v) is 10.2. The zero-order valence-electron chi connectivity index (χ0n) is 17.7. The highest BCUT2D eigenvalue weighted by atomic mass is 16.5. The van der Waals surface area contributed by atoms with Gasteiger partial charge in [0.2, 0.25) is 0 Å². The molecule has 0 aliphatic carbocycles. The molecule has 2 aromatic heterocycles. The van der Waals surface area contributed by atoms with Crippen LogP contribution in [0.4, 0.5) is 0 Å². The van der Waals surface area contributed by atoms with Crippen molar-refractivity contribution < 1.29 is 9.47 Å². The molecular weight excluding hydrogens is 388 g/mol. The molecule has 6 nitrogen and oxygen atoms in total. The molecule has 2 aromatic carbocycles. The van der Waals surface area contributed by atoms with Gasteiger partial charge >= 0.3 is 0 Å². The monoisotopic (exact) mass is 414 g/mol. The number of imidazole rings is 1.